The van der Waals surface area contributed by atoms with Crippen molar-refractivity contribution in [2.75, 3.05) is 53.2 Å². The maximum Gasteiger partial charge on any atom is 0.102 e. The van der Waals surface area contributed by atoms with Crippen LogP contribution in [-0.2, 0) is 14.2 Å². The molecule has 1 atom stereocenters. The quantitative estimate of drug-likeness (QED) is 0.218. The lowest BCUT2D eigenvalue weighted by molar-refractivity contribution is 0.0232. The van der Waals surface area contributed by atoms with Crippen LogP contribution in [0.3, 0.4) is 0 Å². The molecule has 0 fully saturated rings. The molecule has 0 radical (unpaired) electrons. The Morgan fingerprint density at radius 3 is 2.19 bits per heavy atom. The summed E-state index contributed by atoms with van der Waals surface area (Å²) in [4.78, 5) is 0. The minimum atomic E-state index is 0.407. The molecule has 176 valence electrons. The van der Waals surface area contributed by atoms with Crippen LogP contribution in [-0.4, -0.2) is 61.1 Å². The molecule has 1 unspecified atom stereocenters. The second kappa shape index (κ2) is 16.0. The van der Waals surface area contributed by atoms with Crippen molar-refractivity contribution in [3.05, 3.63) is 56.5 Å². The van der Waals surface area contributed by atoms with Crippen molar-refractivity contribution in [3.8, 4) is 11.1 Å². The van der Waals surface area contributed by atoms with Gasteiger partial charge >= 0.3 is 0 Å². The number of rotatable bonds is 16. The molecule has 0 spiro atoms. The van der Waals surface area contributed by atoms with Crippen molar-refractivity contribution in [2.24, 2.45) is 0 Å². The molecule has 32 heavy (non-hydrogen) atoms. The molecule has 0 aliphatic rings. The average Bonchev–Trinajstić information content (AvgIpc) is 2.77. The van der Waals surface area contributed by atoms with Crippen LogP contribution >= 0.6 is 31.9 Å². The number of ether oxygens (including phenoxy) is 3. The maximum atomic E-state index is 5.90. The molecule has 0 aliphatic heterocycles. The van der Waals surface area contributed by atoms with Gasteiger partial charge in [-0.25, -0.2) is 0 Å². The molecule has 0 aromatic heterocycles. The molecule has 2 aromatic rings. The predicted molar refractivity (Wildman–Crippen MR) is 144 cm³/mol. The SMILES string of the molecule is BCCNCCC(CCOCCOCCOC)c1cc(Br)ccc1-c1ccc(Br)cc1C. The van der Waals surface area contributed by atoms with E-state index in [0.717, 1.165) is 47.8 Å². The molecule has 0 saturated carbocycles. The van der Waals surface area contributed by atoms with E-state index >= 15 is 0 Å². The molecule has 2 rings (SSSR count). The molecule has 0 saturated heterocycles. The second-order valence-corrected chi connectivity index (χ2v) is 9.76. The van der Waals surface area contributed by atoms with Crippen LogP contribution < -0.4 is 5.32 Å². The standard InChI is InChI=1S/C25H36BBr2NO3/c1-19-17-21(27)3-5-23(19)24-6-4-22(28)18-25(24)20(7-10-29-11-9-26)8-12-31-15-16-32-14-13-30-2/h3-6,17-18,20,29H,7-16,26H2,1-2H3. The van der Waals surface area contributed by atoms with Gasteiger partial charge in [0.25, 0.3) is 0 Å². The summed E-state index contributed by atoms with van der Waals surface area (Å²) < 4.78 is 18.6. The first-order valence-electron chi connectivity index (χ1n) is 11.5. The maximum absolute atomic E-state index is 5.90. The number of halogens is 2. The van der Waals surface area contributed by atoms with Crippen LogP contribution in [0.1, 0.15) is 29.9 Å². The molecular formula is C25H36BBr2NO3. The van der Waals surface area contributed by atoms with Gasteiger partial charge in [-0.05, 0) is 85.3 Å². The molecule has 7 heteroatoms. The van der Waals surface area contributed by atoms with Gasteiger partial charge < -0.3 is 19.5 Å². The fourth-order valence-electron chi connectivity index (χ4n) is 3.77. The van der Waals surface area contributed by atoms with E-state index in [4.69, 9.17) is 14.2 Å². The number of hydrogen-bond donors (Lipinski definition) is 1. The van der Waals surface area contributed by atoms with E-state index in [2.05, 4.69) is 88.3 Å². The third kappa shape index (κ3) is 9.66. The number of nitrogens with one attached hydrogen (secondary N) is 1. The largest absolute Gasteiger partial charge is 0.382 e. The van der Waals surface area contributed by atoms with Crippen LogP contribution in [0.2, 0.25) is 6.32 Å². The van der Waals surface area contributed by atoms with Gasteiger partial charge in [0.05, 0.1) is 26.4 Å². The van der Waals surface area contributed by atoms with E-state index in [-0.39, 0.29) is 0 Å². The van der Waals surface area contributed by atoms with Crippen LogP contribution in [0.5, 0.6) is 0 Å². The summed E-state index contributed by atoms with van der Waals surface area (Å²) in [5, 5.41) is 3.57. The summed E-state index contributed by atoms with van der Waals surface area (Å²) in [6.07, 6.45) is 3.20. The number of benzene rings is 2. The van der Waals surface area contributed by atoms with Crippen molar-refractivity contribution < 1.29 is 14.2 Å². The summed E-state index contributed by atoms with van der Waals surface area (Å²) in [6, 6.07) is 13.2. The van der Waals surface area contributed by atoms with E-state index in [1.807, 2.05) is 0 Å². The summed E-state index contributed by atoms with van der Waals surface area (Å²) in [6.45, 7) is 7.40. The van der Waals surface area contributed by atoms with E-state index in [1.54, 1.807) is 7.11 Å². The lowest BCUT2D eigenvalue weighted by Gasteiger charge is -2.23. The highest BCUT2D eigenvalue weighted by molar-refractivity contribution is 9.10. The monoisotopic (exact) mass is 567 g/mol. The molecule has 0 heterocycles. The molecule has 0 aliphatic carbocycles. The number of methoxy groups -OCH3 is 1. The van der Waals surface area contributed by atoms with Gasteiger partial charge in [0.1, 0.15) is 7.85 Å². The Kier molecular flexibility index (Phi) is 13.8. The topological polar surface area (TPSA) is 39.7 Å². The van der Waals surface area contributed by atoms with Gasteiger partial charge in [-0.3, -0.25) is 0 Å². The smallest absolute Gasteiger partial charge is 0.102 e. The molecular weight excluding hydrogens is 533 g/mol. The highest BCUT2D eigenvalue weighted by Crippen LogP contribution is 2.37. The van der Waals surface area contributed by atoms with Crippen molar-refractivity contribution >= 4 is 39.7 Å². The average molecular weight is 569 g/mol. The first-order chi connectivity index (χ1) is 15.6. The van der Waals surface area contributed by atoms with Crippen molar-refractivity contribution in [1.29, 1.82) is 0 Å². The lowest BCUT2D eigenvalue weighted by atomic mass is 9.85. The zero-order chi connectivity index (χ0) is 23.2. The third-order valence-electron chi connectivity index (χ3n) is 5.44. The van der Waals surface area contributed by atoms with Crippen molar-refractivity contribution in [2.45, 2.75) is 32.0 Å². The normalized spacial score (nSPS) is 12.2. The zero-order valence-electron chi connectivity index (χ0n) is 19.6. The van der Waals surface area contributed by atoms with E-state index in [1.165, 1.54) is 22.3 Å². The Bertz CT molecular complexity index is 807. The van der Waals surface area contributed by atoms with Gasteiger partial charge in [-0.1, -0.05) is 50.3 Å². The fraction of sp³-hybridized carbons (Fsp3) is 0.520. The van der Waals surface area contributed by atoms with Crippen LogP contribution in [0.15, 0.2) is 45.3 Å². The Balaban J connectivity index is 2.12. The van der Waals surface area contributed by atoms with Gasteiger partial charge in [0, 0.05) is 22.7 Å². The first-order valence-corrected chi connectivity index (χ1v) is 13.1. The van der Waals surface area contributed by atoms with Gasteiger partial charge in [-0.15, -0.1) is 0 Å². The minimum Gasteiger partial charge on any atom is -0.382 e. The first kappa shape index (κ1) is 27.5. The van der Waals surface area contributed by atoms with Gasteiger partial charge in [-0.2, -0.15) is 0 Å². The van der Waals surface area contributed by atoms with Crippen molar-refractivity contribution in [3.63, 3.8) is 0 Å². The van der Waals surface area contributed by atoms with E-state index in [0.29, 0.717) is 32.3 Å². The second-order valence-electron chi connectivity index (χ2n) is 7.93. The zero-order valence-corrected chi connectivity index (χ0v) is 22.8. The Morgan fingerprint density at radius 2 is 1.50 bits per heavy atom. The number of aryl methyl sites for hydroxylation is 1. The predicted octanol–water partition coefficient (Wildman–Crippen LogP) is 5.37. The number of hydrogen-bond acceptors (Lipinski definition) is 4. The third-order valence-corrected chi connectivity index (χ3v) is 6.43. The van der Waals surface area contributed by atoms with Crippen LogP contribution in [0.25, 0.3) is 11.1 Å². The van der Waals surface area contributed by atoms with Gasteiger partial charge in [0.2, 0.25) is 0 Å². The van der Waals surface area contributed by atoms with Crippen LogP contribution in [0, 0.1) is 6.92 Å². The van der Waals surface area contributed by atoms with E-state index in [9.17, 15) is 0 Å². The summed E-state index contributed by atoms with van der Waals surface area (Å²) >= 11 is 7.30. The van der Waals surface area contributed by atoms with E-state index < -0.39 is 0 Å². The minimum absolute atomic E-state index is 0.407. The molecule has 2 aromatic carbocycles. The molecule has 4 nitrogen and oxygen atoms in total. The summed E-state index contributed by atoms with van der Waals surface area (Å²) in [7, 11) is 3.89. The van der Waals surface area contributed by atoms with Crippen molar-refractivity contribution in [1.82, 2.24) is 5.32 Å². The van der Waals surface area contributed by atoms with Crippen LogP contribution in [0.4, 0.5) is 0 Å². The summed E-state index contributed by atoms with van der Waals surface area (Å²) in [5.41, 5.74) is 5.24. The van der Waals surface area contributed by atoms with Gasteiger partial charge in [0.15, 0.2) is 0 Å². The molecule has 0 bridgehead atoms. The fourth-order valence-corrected chi connectivity index (χ4v) is 4.62. The Morgan fingerprint density at radius 1 is 0.844 bits per heavy atom. The molecule has 1 N–H and O–H groups in total. The summed E-state index contributed by atoms with van der Waals surface area (Å²) in [5.74, 6) is 0.407. The lowest BCUT2D eigenvalue weighted by Crippen LogP contribution is -2.20. The Hall–Kier alpha value is -0.695. The Labute approximate surface area is 211 Å². The highest BCUT2D eigenvalue weighted by Gasteiger charge is 2.18. The highest BCUT2D eigenvalue weighted by atomic mass is 79.9. The molecule has 0 amide bonds.